The number of hydrogen-bond donors (Lipinski definition) is 2. The predicted octanol–water partition coefficient (Wildman–Crippen LogP) is 1.75. The van der Waals surface area contributed by atoms with Crippen molar-refractivity contribution in [2.24, 2.45) is 0 Å². The lowest BCUT2D eigenvalue weighted by molar-refractivity contribution is -0.128. The molecule has 4 nitrogen and oxygen atoms in total. The standard InChI is InChI=1S/C15H31N3O/c1-6-15(3,4)17-14(19)12(2)18(5)13-8-7-10-16-11-9-13/h12-13,16H,6-11H2,1-5H3,(H,17,19). The number of likely N-dealkylation sites (N-methyl/N-ethyl adjacent to an activating group) is 1. The highest BCUT2D eigenvalue weighted by atomic mass is 16.2. The Morgan fingerprint density at radius 1 is 1.42 bits per heavy atom. The Hall–Kier alpha value is -0.610. The van der Waals surface area contributed by atoms with Gasteiger partial charge in [-0.15, -0.1) is 0 Å². The molecule has 1 aliphatic heterocycles. The van der Waals surface area contributed by atoms with Crippen molar-refractivity contribution in [1.29, 1.82) is 0 Å². The third-order valence-electron chi connectivity index (χ3n) is 4.46. The van der Waals surface area contributed by atoms with Gasteiger partial charge in [-0.05, 0) is 66.6 Å². The van der Waals surface area contributed by atoms with Gasteiger partial charge in [-0.25, -0.2) is 0 Å². The summed E-state index contributed by atoms with van der Waals surface area (Å²) in [7, 11) is 2.08. The van der Waals surface area contributed by atoms with E-state index < -0.39 is 0 Å². The molecule has 0 bridgehead atoms. The Morgan fingerprint density at radius 3 is 2.74 bits per heavy atom. The van der Waals surface area contributed by atoms with Crippen molar-refractivity contribution in [2.45, 2.75) is 71.0 Å². The molecule has 4 heteroatoms. The van der Waals surface area contributed by atoms with E-state index in [0.29, 0.717) is 6.04 Å². The Balaban J connectivity index is 2.54. The fourth-order valence-electron chi connectivity index (χ4n) is 2.44. The first-order valence-corrected chi connectivity index (χ1v) is 7.62. The minimum atomic E-state index is -0.114. The molecule has 1 saturated heterocycles. The van der Waals surface area contributed by atoms with E-state index in [4.69, 9.17) is 0 Å². The summed E-state index contributed by atoms with van der Waals surface area (Å²) in [6.07, 6.45) is 4.45. The van der Waals surface area contributed by atoms with Crippen LogP contribution in [-0.2, 0) is 4.79 Å². The first-order valence-electron chi connectivity index (χ1n) is 7.62. The fourth-order valence-corrected chi connectivity index (χ4v) is 2.44. The largest absolute Gasteiger partial charge is 0.350 e. The van der Waals surface area contributed by atoms with Gasteiger partial charge in [0.05, 0.1) is 6.04 Å². The lowest BCUT2D eigenvalue weighted by Gasteiger charge is -2.34. The van der Waals surface area contributed by atoms with E-state index in [1.54, 1.807) is 0 Å². The summed E-state index contributed by atoms with van der Waals surface area (Å²) in [5, 5.41) is 6.57. The van der Waals surface area contributed by atoms with Crippen LogP contribution >= 0.6 is 0 Å². The smallest absolute Gasteiger partial charge is 0.237 e. The molecular formula is C15H31N3O. The van der Waals surface area contributed by atoms with Gasteiger partial charge in [0.25, 0.3) is 0 Å². The Labute approximate surface area is 118 Å². The van der Waals surface area contributed by atoms with E-state index in [-0.39, 0.29) is 17.5 Å². The Kier molecular flexibility index (Phi) is 6.27. The molecule has 1 fully saturated rings. The molecule has 19 heavy (non-hydrogen) atoms. The average molecular weight is 269 g/mol. The zero-order valence-corrected chi connectivity index (χ0v) is 13.3. The van der Waals surface area contributed by atoms with Crippen LogP contribution in [0, 0.1) is 0 Å². The van der Waals surface area contributed by atoms with Gasteiger partial charge >= 0.3 is 0 Å². The molecule has 2 atom stereocenters. The van der Waals surface area contributed by atoms with Crippen molar-refractivity contribution in [3.63, 3.8) is 0 Å². The summed E-state index contributed by atoms with van der Waals surface area (Å²) in [5.41, 5.74) is -0.114. The van der Waals surface area contributed by atoms with Crippen molar-refractivity contribution in [3.8, 4) is 0 Å². The molecule has 0 saturated carbocycles. The minimum absolute atomic E-state index is 0.0612. The van der Waals surface area contributed by atoms with Gasteiger partial charge in [0.15, 0.2) is 0 Å². The second kappa shape index (κ2) is 7.25. The van der Waals surface area contributed by atoms with E-state index >= 15 is 0 Å². The highest BCUT2D eigenvalue weighted by Crippen LogP contribution is 2.15. The number of carbonyl (C=O) groups is 1. The SMILES string of the molecule is CCC(C)(C)NC(=O)C(C)N(C)C1CCCNCC1. The van der Waals surface area contributed by atoms with Gasteiger partial charge in [-0.2, -0.15) is 0 Å². The van der Waals surface area contributed by atoms with Gasteiger partial charge in [0.1, 0.15) is 0 Å². The maximum Gasteiger partial charge on any atom is 0.237 e. The van der Waals surface area contributed by atoms with E-state index in [2.05, 4.69) is 43.4 Å². The lowest BCUT2D eigenvalue weighted by atomic mass is 10.0. The van der Waals surface area contributed by atoms with Gasteiger partial charge in [-0.3, -0.25) is 9.69 Å². The van der Waals surface area contributed by atoms with E-state index in [1.807, 2.05) is 6.92 Å². The van der Waals surface area contributed by atoms with E-state index in [1.165, 1.54) is 12.8 Å². The molecule has 1 aliphatic rings. The molecule has 112 valence electrons. The highest BCUT2D eigenvalue weighted by molar-refractivity contribution is 5.82. The maximum atomic E-state index is 12.3. The number of nitrogens with one attached hydrogen (secondary N) is 2. The molecule has 0 spiro atoms. The summed E-state index contributed by atoms with van der Waals surface area (Å²) < 4.78 is 0. The molecule has 2 N–H and O–H groups in total. The molecule has 0 aromatic carbocycles. The number of hydrogen-bond acceptors (Lipinski definition) is 3. The summed E-state index contributed by atoms with van der Waals surface area (Å²) >= 11 is 0. The van der Waals surface area contributed by atoms with Crippen molar-refractivity contribution >= 4 is 5.91 Å². The molecule has 2 unspecified atom stereocenters. The van der Waals surface area contributed by atoms with Gasteiger partial charge in [0.2, 0.25) is 5.91 Å². The second-order valence-corrected chi connectivity index (χ2v) is 6.40. The molecule has 1 amide bonds. The minimum Gasteiger partial charge on any atom is -0.350 e. The second-order valence-electron chi connectivity index (χ2n) is 6.40. The summed E-state index contributed by atoms with van der Waals surface area (Å²) in [5.74, 6) is 0.145. The maximum absolute atomic E-state index is 12.3. The van der Waals surface area contributed by atoms with Crippen LogP contribution in [0.1, 0.15) is 53.4 Å². The third-order valence-corrected chi connectivity index (χ3v) is 4.46. The van der Waals surface area contributed by atoms with Gasteiger partial charge in [0, 0.05) is 11.6 Å². The van der Waals surface area contributed by atoms with Crippen molar-refractivity contribution < 1.29 is 4.79 Å². The summed E-state index contributed by atoms with van der Waals surface area (Å²) in [4.78, 5) is 14.6. The van der Waals surface area contributed by atoms with Crippen molar-refractivity contribution in [2.75, 3.05) is 20.1 Å². The van der Waals surface area contributed by atoms with Crippen LogP contribution < -0.4 is 10.6 Å². The summed E-state index contributed by atoms with van der Waals surface area (Å²) in [6, 6.07) is 0.453. The van der Waals surface area contributed by atoms with Gasteiger partial charge in [-0.1, -0.05) is 6.92 Å². The van der Waals surface area contributed by atoms with E-state index in [0.717, 1.165) is 25.9 Å². The number of nitrogens with zero attached hydrogens (tertiary/aromatic N) is 1. The highest BCUT2D eigenvalue weighted by Gasteiger charge is 2.28. The third kappa shape index (κ3) is 5.11. The van der Waals surface area contributed by atoms with Crippen molar-refractivity contribution in [3.05, 3.63) is 0 Å². The molecule has 1 heterocycles. The van der Waals surface area contributed by atoms with E-state index in [9.17, 15) is 4.79 Å². The van der Waals surface area contributed by atoms with Crippen LogP contribution in [0.2, 0.25) is 0 Å². The molecule has 0 aromatic rings. The van der Waals surface area contributed by atoms with Gasteiger partial charge < -0.3 is 10.6 Å². The Morgan fingerprint density at radius 2 is 2.11 bits per heavy atom. The first-order chi connectivity index (χ1) is 8.87. The van der Waals surface area contributed by atoms with Crippen LogP contribution in [0.4, 0.5) is 0 Å². The van der Waals surface area contributed by atoms with Crippen LogP contribution in [0.25, 0.3) is 0 Å². The monoisotopic (exact) mass is 269 g/mol. The van der Waals surface area contributed by atoms with Crippen LogP contribution in [0.15, 0.2) is 0 Å². The number of amides is 1. The molecular weight excluding hydrogens is 238 g/mol. The predicted molar refractivity (Wildman–Crippen MR) is 80.2 cm³/mol. The Bertz CT molecular complexity index is 283. The zero-order chi connectivity index (χ0) is 14.5. The molecule has 0 radical (unpaired) electrons. The molecule has 0 aromatic heterocycles. The molecule has 1 rings (SSSR count). The number of rotatable bonds is 5. The van der Waals surface area contributed by atoms with Crippen molar-refractivity contribution in [1.82, 2.24) is 15.5 Å². The fraction of sp³-hybridized carbons (Fsp3) is 0.933. The summed E-state index contributed by atoms with van der Waals surface area (Å²) in [6.45, 7) is 10.4. The van der Waals surface area contributed by atoms with Crippen LogP contribution in [0.5, 0.6) is 0 Å². The topological polar surface area (TPSA) is 44.4 Å². The quantitative estimate of drug-likeness (QED) is 0.799. The average Bonchev–Trinajstić information content (AvgIpc) is 2.65. The van der Waals surface area contributed by atoms with Crippen LogP contribution in [-0.4, -0.2) is 48.6 Å². The lowest BCUT2D eigenvalue weighted by Crippen LogP contribution is -2.53. The zero-order valence-electron chi connectivity index (χ0n) is 13.3. The first kappa shape index (κ1) is 16.4. The van der Waals surface area contributed by atoms with Crippen LogP contribution in [0.3, 0.4) is 0 Å². The normalized spacial score (nSPS) is 22.9. The number of carbonyl (C=O) groups excluding carboxylic acids is 1. The molecule has 0 aliphatic carbocycles.